The molecule has 0 N–H and O–H groups in total. The molecule has 9 heteroatoms. The van der Waals surface area contributed by atoms with Crippen molar-refractivity contribution in [2.45, 2.75) is 32.7 Å². The first-order valence-corrected chi connectivity index (χ1v) is 8.24. The molecule has 0 spiro atoms. The Hall–Kier alpha value is -2.13. The number of alkyl halides is 3. The molecule has 0 aliphatic carbocycles. The molecule has 0 radical (unpaired) electrons. The van der Waals surface area contributed by atoms with Gasteiger partial charge in [-0.15, -0.1) is 0 Å². The van der Waals surface area contributed by atoms with Gasteiger partial charge in [-0.1, -0.05) is 0 Å². The Morgan fingerprint density at radius 3 is 2.85 bits per heavy atom. The number of nitrogens with zero attached hydrogens (tertiary/aromatic N) is 3. The number of morpholine rings is 1. The average Bonchev–Trinajstić information content (AvgIpc) is 2.90. The Bertz CT molecular complexity index is 729. The van der Waals surface area contributed by atoms with Crippen LogP contribution in [-0.4, -0.2) is 47.3 Å². The maximum Gasteiger partial charge on any atom is 0.433 e. The number of hydrogen-bond acceptors (Lipinski definition) is 6. The Labute approximate surface area is 148 Å². The van der Waals surface area contributed by atoms with E-state index in [0.717, 1.165) is 35.9 Å². The van der Waals surface area contributed by atoms with Crippen molar-refractivity contribution in [3.63, 3.8) is 0 Å². The smallest absolute Gasteiger partial charge is 0.433 e. The van der Waals surface area contributed by atoms with Gasteiger partial charge in [0.15, 0.2) is 5.69 Å². The van der Waals surface area contributed by atoms with Crippen molar-refractivity contribution in [1.82, 2.24) is 14.9 Å². The summed E-state index contributed by atoms with van der Waals surface area (Å²) in [5, 5.41) is 0. The van der Waals surface area contributed by atoms with E-state index in [1.54, 1.807) is 0 Å². The number of aryl methyl sites for hydroxylation is 2. The van der Waals surface area contributed by atoms with E-state index >= 15 is 0 Å². The maximum atomic E-state index is 12.7. The predicted octanol–water partition coefficient (Wildman–Crippen LogP) is 2.99. The second-order valence-electron chi connectivity index (χ2n) is 6.21. The first-order chi connectivity index (χ1) is 12.3. The first-order valence-electron chi connectivity index (χ1n) is 8.24. The number of furan rings is 1. The highest BCUT2D eigenvalue weighted by molar-refractivity contribution is 5.18. The highest BCUT2D eigenvalue weighted by atomic mass is 19.4. The standard InChI is InChI=1S/C17H20F3N3O3/c1-11-7-13(26-12(11)2)8-23-5-6-24-14(9-23)10-25-16-21-4-3-15(22-16)17(18,19)20/h3-4,7,14H,5-6,8-10H2,1-2H3. The van der Waals surface area contributed by atoms with Gasteiger partial charge in [-0.2, -0.15) is 18.2 Å². The number of ether oxygens (including phenoxy) is 2. The third-order valence-electron chi connectivity index (χ3n) is 4.14. The van der Waals surface area contributed by atoms with Crippen molar-refractivity contribution in [2.75, 3.05) is 26.3 Å². The van der Waals surface area contributed by atoms with Crippen LogP contribution >= 0.6 is 0 Å². The molecular formula is C17H20F3N3O3. The molecule has 3 rings (SSSR count). The summed E-state index contributed by atoms with van der Waals surface area (Å²) in [5.41, 5.74) is 0.0760. The van der Waals surface area contributed by atoms with Crippen molar-refractivity contribution in [3.8, 4) is 6.01 Å². The van der Waals surface area contributed by atoms with Crippen molar-refractivity contribution >= 4 is 0 Å². The van der Waals surface area contributed by atoms with Crippen LogP contribution in [0.4, 0.5) is 13.2 Å². The molecule has 0 bridgehead atoms. The summed E-state index contributed by atoms with van der Waals surface area (Å²) < 4.78 is 54.6. The molecule has 0 aromatic carbocycles. The fourth-order valence-corrected chi connectivity index (χ4v) is 2.71. The molecule has 0 saturated carbocycles. The van der Waals surface area contributed by atoms with Gasteiger partial charge in [0.2, 0.25) is 0 Å². The largest absolute Gasteiger partial charge is 0.465 e. The fourth-order valence-electron chi connectivity index (χ4n) is 2.71. The summed E-state index contributed by atoms with van der Waals surface area (Å²) in [4.78, 5) is 9.26. The van der Waals surface area contributed by atoms with Gasteiger partial charge in [0, 0.05) is 19.3 Å². The Kier molecular flexibility index (Phi) is 5.47. The molecule has 2 aromatic rings. The predicted molar refractivity (Wildman–Crippen MR) is 85.7 cm³/mol. The minimum absolute atomic E-state index is 0.0774. The molecule has 1 saturated heterocycles. The van der Waals surface area contributed by atoms with E-state index in [0.29, 0.717) is 19.7 Å². The highest BCUT2D eigenvalue weighted by Crippen LogP contribution is 2.28. The Morgan fingerprint density at radius 2 is 2.15 bits per heavy atom. The monoisotopic (exact) mass is 371 g/mol. The summed E-state index contributed by atoms with van der Waals surface area (Å²) in [6, 6.07) is 2.50. The van der Waals surface area contributed by atoms with E-state index in [9.17, 15) is 13.2 Å². The number of aromatic nitrogens is 2. The fraction of sp³-hybridized carbons (Fsp3) is 0.529. The van der Waals surface area contributed by atoms with Crippen LogP contribution in [-0.2, 0) is 17.5 Å². The van der Waals surface area contributed by atoms with Crippen LogP contribution in [0.15, 0.2) is 22.7 Å². The van der Waals surface area contributed by atoms with Gasteiger partial charge < -0.3 is 13.9 Å². The second kappa shape index (κ2) is 7.63. The molecule has 1 unspecified atom stereocenters. The number of halogens is 3. The molecular weight excluding hydrogens is 351 g/mol. The lowest BCUT2D eigenvalue weighted by molar-refractivity contribution is -0.141. The van der Waals surface area contributed by atoms with E-state index in [2.05, 4.69) is 14.9 Å². The van der Waals surface area contributed by atoms with Crippen molar-refractivity contribution < 1.29 is 27.1 Å². The topological polar surface area (TPSA) is 60.6 Å². The van der Waals surface area contributed by atoms with Crippen molar-refractivity contribution in [3.05, 3.63) is 41.1 Å². The Morgan fingerprint density at radius 1 is 1.35 bits per heavy atom. The minimum Gasteiger partial charge on any atom is -0.465 e. The van der Waals surface area contributed by atoms with E-state index in [1.807, 2.05) is 19.9 Å². The van der Waals surface area contributed by atoms with Gasteiger partial charge in [-0.25, -0.2) is 4.98 Å². The van der Waals surface area contributed by atoms with E-state index in [1.165, 1.54) is 0 Å². The molecule has 1 aliphatic heterocycles. The van der Waals surface area contributed by atoms with Crippen LogP contribution in [0, 0.1) is 13.8 Å². The zero-order chi connectivity index (χ0) is 18.7. The van der Waals surface area contributed by atoms with E-state index < -0.39 is 11.9 Å². The number of rotatable bonds is 5. The van der Waals surface area contributed by atoms with Gasteiger partial charge in [0.25, 0.3) is 0 Å². The van der Waals surface area contributed by atoms with E-state index in [4.69, 9.17) is 13.9 Å². The molecule has 2 aromatic heterocycles. The normalized spacial score (nSPS) is 18.9. The molecule has 3 heterocycles. The van der Waals surface area contributed by atoms with Crippen LogP contribution in [0.2, 0.25) is 0 Å². The Balaban J connectivity index is 1.54. The van der Waals surface area contributed by atoms with Crippen LogP contribution < -0.4 is 4.74 Å². The van der Waals surface area contributed by atoms with Gasteiger partial charge in [-0.3, -0.25) is 4.90 Å². The third-order valence-corrected chi connectivity index (χ3v) is 4.14. The molecule has 142 valence electrons. The lowest BCUT2D eigenvalue weighted by atomic mass is 10.2. The van der Waals surface area contributed by atoms with Crippen molar-refractivity contribution in [1.29, 1.82) is 0 Å². The molecule has 1 atom stereocenters. The second-order valence-corrected chi connectivity index (χ2v) is 6.21. The van der Waals surface area contributed by atoms with Gasteiger partial charge in [0.1, 0.15) is 24.2 Å². The molecule has 1 fully saturated rings. The molecule has 1 aliphatic rings. The zero-order valence-electron chi connectivity index (χ0n) is 14.5. The summed E-state index contributed by atoms with van der Waals surface area (Å²) in [5.74, 6) is 1.78. The van der Waals surface area contributed by atoms with Crippen molar-refractivity contribution in [2.24, 2.45) is 0 Å². The SMILES string of the molecule is Cc1cc(CN2CCOC(COc3nccc(C(F)(F)F)n3)C2)oc1C. The lowest BCUT2D eigenvalue weighted by Gasteiger charge is -2.31. The average molecular weight is 371 g/mol. The summed E-state index contributed by atoms with van der Waals surface area (Å²) in [6.45, 7) is 6.48. The number of hydrogen-bond donors (Lipinski definition) is 0. The lowest BCUT2D eigenvalue weighted by Crippen LogP contribution is -2.44. The quantitative estimate of drug-likeness (QED) is 0.805. The molecule has 0 amide bonds. The highest BCUT2D eigenvalue weighted by Gasteiger charge is 2.33. The van der Waals surface area contributed by atoms with Crippen LogP contribution in [0.1, 0.15) is 22.8 Å². The van der Waals surface area contributed by atoms with Crippen LogP contribution in [0.5, 0.6) is 6.01 Å². The molecule has 26 heavy (non-hydrogen) atoms. The van der Waals surface area contributed by atoms with Gasteiger partial charge in [0.05, 0.1) is 13.2 Å². The maximum absolute atomic E-state index is 12.7. The third kappa shape index (κ3) is 4.73. The van der Waals surface area contributed by atoms with Crippen LogP contribution in [0.25, 0.3) is 0 Å². The first kappa shape index (κ1) is 18.7. The molecule has 6 nitrogen and oxygen atoms in total. The van der Waals surface area contributed by atoms with Crippen LogP contribution in [0.3, 0.4) is 0 Å². The minimum atomic E-state index is -4.53. The van der Waals surface area contributed by atoms with E-state index in [-0.39, 0.29) is 18.7 Å². The van der Waals surface area contributed by atoms with Gasteiger partial charge in [-0.05, 0) is 31.5 Å². The summed E-state index contributed by atoms with van der Waals surface area (Å²) >= 11 is 0. The summed E-state index contributed by atoms with van der Waals surface area (Å²) in [7, 11) is 0. The zero-order valence-corrected chi connectivity index (χ0v) is 14.5. The summed E-state index contributed by atoms with van der Waals surface area (Å²) in [6.07, 6.45) is -3.78. The van der Waals surface area contributed by atoms with Gasteiger partial charge >= 0.3 is 12.2 Å².